The Morgan fingerprint density at radius 2 is 1.45 bits per heavy atom. The molecule has 3 aromatic rings. The van der Waals surface area contributed by atoms with Gasteiger partial charge in [-0.25, -0.2) is 4.79 Å². The van der Waals surface area contributed by atoms with Gasteiger partial charge in [0.25, 0.3) is 17.7 Å². The number of amides is 3. The van der Waals surface area contributed by atoms with E-state index in [1.807, 2.05) is 0 Å². The Balaban J connectivity index is 1.35. The van der Waals surface area contributed by atoms with Crippen LogP contribution in [-0.4, -0.2) is 42.3 Å². The maximum absolute atomic E-state index is 12.5. The summed E-state index contributed by atoms with van der Waals surface area (Å²) in [5.74, 6) is -0.979. The van der Waals surface area contributed by atoms with Gasteiger partial charge in [-0.1, -0.05) is 24.3 Å². The highest BCUT2D eigenvalue weighted by Gasteiger charge is 2.34. The molecule has 0 radical (unpaired) electrons. The molecule has 1 aliphatic heterocycles. The van der Waals surface area contributed by atoms with Gasteiger partial charge in [0.1, 0.15) is 5.75 Å². The molecule has 0 saturated carbocycles. The van der Waals surface area contributed by atoms with Gasteiger partial charge in [0.2, 0.25) is 0 Å². The van der Waals surface area contributed by atoms with Crippen LogP contribution in [-0.2, 0) is 16.1 Å². The molecule has 3 aromatic carbocycles. The molecular weight excluding hydrogens is 424 g/mol. The summed E-state index contributed by atoms with van der Waals surface area (Å²) in [6, 6.07) is 20.0. The average Bonchev–Trinajstić information content (AvgIpc) is 3.08. The highest BCUT2D eigenvalue weighted by Crippen LogP contribution is 2.24. The van der Waals surface area contributed by atoms with E-state index in [-0.39, 0.29) is 30.9 Å². The second-order valence-corrected chi connectivity index (χ2v) is 7.28. The SMILES string of the molecule is COC(=O)COc1ccc(NC(=O)c2ccc(CN3C(=O)c4ccccc4C3=O)cc2)cc1. The van der Waals surface area contributed by atoms with Crippen LogP contribution >= 0.6 is 0 Å². The molecule has 4 rings (SSSR count). The van der Waals surface area contributed by atoms with E-state index >= 15 is 0 Å². The van der Waals surface area contributed by atoms with Gasteiger partial charge in [0, 0.05) is 11.3 Å². The third-order valence-corrected chi connectivity index (χ3v) is 5.13. The Kier molecular flexibility index (Phi) is 6.17. The van der Waals surface area contributed by atoms with Crippen LogP contribution in [0.3, 0.4) is 0 Å². The second kappa shape index (κ2) is 9.35. The summed E-state index contributed by atoms with van der Waals surface area (Å²) in [7, 11) is 1.28. The number of rotatable bonds is 7. The standard InChI is InChI=1S/C25H20N2O6/c1-32-22(28)15-33-19-12-10-18(11-13-19)26-23(29)17-8-6-16(7-9-17)14-27-24(30)20-4-2-3-5-21(20)25(27)31/h2-13H,14-15H2,1H3,(H,26,29). The van der Waals surface area contributed by atoms with Crippen LogP contribution < -0.4 is 10.1 Å². The number of benzene rings is 3. The summed E-state index contributed by atoms with van der Waals surface area (Å²) < 4.78 is 9.78. The molecule has 0 aromatic heterocycles. The van der Waals surface area contributed by atoms with Crippen LogP contribution in [0.2, 0.25) is 0 Å². The van der Waals surface area contributed by atoms with Gasteiger partial charge in [-0.05, 0) is 54.1 Å². The van der Waals surface area contributed by atoms with Crippen molar-refractivity contribution in [3.8, 4) is 5.75 Å². The number of esters is 1. The minimum Gasteiger partial charge on any atom is -0.482 e. The fourth-order valence-electron chi connectivity index (χ4n) is 3.37. The van der Waals surface area contributed by atoms with Crippen molar-refractivity contribution in [1.29, 1.82) is 0 Å². The van der Waals surface area contributed by atoms with E-state index < -0.39 is 5.97 Å². The largest absolute Gasteiger partial charge is 0.482 e. The van der Waals surface area contributed by atoms with Crippen LogP contribution in [0.25, 0.3) is 0 Å². The van der Waals surface area contributed by atoms with Gasteiger partial charge in [-0.3, -0.25) is 19.3 Å². The number of hydrogen-bond acceptors (Lipinski definition) is 6. The minimum absolute atomic E-state index is 0.126. The zero-order valence-electron chi connectivity index (χ0n) is 17.7. The van der Waals surface area contributed by atoms with Crippen molar-refractivity contribution >= 4 is 29.4 Å². The molecule has 8 nitrogen and oxygen atoms in total. The van der Waals surface area contributed by atoms with Gasteiger partial charge < -0.3 is 14.8 Å². The Morgan fingerprint density at radius 1 is 0.848 bits per heavy atom. The van der Waals surface area contributed by atoms with Crippen LogP contribution in [0.1, 0.15) is 36.6 Å². The summed E-state index contributed by atoms with van der Waals surface area (Å²) in [6.45, 7) is -0.0729. The first-order chi connectivity index (χ1) is 16.0. The normalized spacial score (nSPS) is 12.3. The lowest BCUT2D eigenvalue weighted by Gasteiger charge is -2.14. The molecule has 0 unspecified atom stereocenters. The molecule has 0 atom stereocenters. The molecule has 0 bridgehead atoms. The number of anilines is 1. The first-order valence-corrected chi connectivity index (χ1v) is 10.1. The van der Waals surface area contributed by atoms with E-state index in [1.54, 1.807) is 72.8 Å². The molecule has 166 valence electrons. The fourth-order valence-corrected chi connectivity index (χ4v) is 3.37. The van der Waals surface area contributed by atoms with Crippen molar-refractivity contribution in [3.63, 3.8) is 0 Å². The van der Waals surface area contributed by atoms with Gasteiger partial charge >= 0.3 is 5.97 Å². The lowest BCUT2D eigenvalue weighted by atomic mass is 10.1. The Bertz CT molecular complexity index is 1180. The average molecular weight is 444 g/mol. The molecule has 0 aliphatic carbocycles. The summed E-state index contributed by atoms with van der Waals surface area (Å²) >= 11 is 0. The van der Waals surface area contributed by atoms with Crippen LogP contribution in [0.4, 0.5) is 5.69 Å². The number of carbonyl (C=O) groups excluding carboxylic acids is 4. The zero-order valence-corrected chi connectivity index (χ0v) is 17.7. The quantitative estimate of drug-likeness (QED) is 0.443. The number of fused-ring (bicyclic) bond motifs is 1. The lowest BCUT2D eigenvalue weighted by Crippen LogP contribution is -2.29. The van der Waals surface area contributed by atoms with E-state index in [0.717, 1.165) is 5.56 Å². The van der Waals surface area contributed by atoms with Gasteiger partial charge in [-0.2, -0.15) is 0 Å². The summed E-state index contributed by atoms with van der Waals surface area (Å²) in [6.07, 6.45) is 0. The van der Waals surface area contributed by atoms with E-state index in [9.17, 15) is 19.2 Å². The molecule has 0 fully saturated rings. The summed E-state index contributed by atoms with van der Waals surface area (Å²) in [5.41, 5.74) is 2.52. The minimum atomic E-state index is -0.487. The van der Waals surface area contributed by atoms with Crippen molar-refractivity contribution < 1.29 is 28.7 Å². The molecule has 3 amide bonds. The molecule has 1 heterocycles. The van der Waals surface area contributed by atoms with Crippen molar-refractivity contribution in [3.05, 3.63) is 95.1 Å². The number of ether oxygens (including phenoxy) is 2. The summed E-state index contributed by atoms with van der Waals surface area (Å²) in [5, 5.41) is 2.78. The van der Waals surface area contributed by atoms with Crippen molar-refractivity contribution in [1.82, 2.24) is 4.90 Å². The zero-order chi connectivity index (χ0) is 23.4. The highest BCUT2D eigenvalue weighted by molar-refractivity contribution is 6.21. The molecule has 0 saturated heterocycles. The van der Waals surface area contributed by atoms with Gasteiger partial charge in [0.15, 0.2) is 6.61 Å². The maximum atomic E-state index is 12.5. The third-order valence-electron chi connectivity index (χ3n) is 5.13. The van der Waals surface area contributed by atoms with E-state index in [1.165, 1.54) is 12.0 Å². The van der Waals surface area contributed by atoms with Crippen LogP contribution in [0, 0.1) is 0 Å². The van der Waals surface area contributed by atoms with E-state index in [4.69, 9.17) is 4.74 Å². The Labute approximate surface area is 189 Å². The molecule has 8 heteroatoms. The van der Waals surface area contributed by atoms with E-state index in [2.05, 4.69) is 10.1 Å². The van der Waals surface area contributed by atoms with Crippen LogP contribution in [0.15, 0.2) is 72.8 Å². The number of nitrogens with zero attached hydrogens (tertiary/aromatic N) is 1. The Hall–Kier alpha value is -4.46. The lowest BCUT2D eigenvalue weighted by molar-refractivity contribution is -0.142. The Morgan fingerprint density at radius 3 is 2.03 bits per heavy atom. The van der Waals surface area contributed by atoms with Gasteiger partial charge in [0.05, 0.1) is 24.8 Å². The predicted molar refractivity (Wildman–Crippen MR) is 119 cm³/mol. The van der Waals surface area contributed by atoms with Crippen molar-refractivity contribution in [2.24, 2.45) is 0 Å². The fraction of sp³-hybridized carbons (Fsp3) is 0.120. The molecule has 0 spiro atoms. The number of carbonyl (C=O) groups is 4. The maximum Gasteiger partial charge on any atom is 0.343 e. The number of hydrogen-bond donors (Lipinski definition) is 1. The highest BCUT2D eigenvalue weighted by atomic mass is 16.6. The van der Waals surface area contributed by atoms with Gasteiger partial charge in [-0.15, -0.1) is 0 Å². The van der Waals surface area contributed by atoms with Crippen molar-refractivity contribution in [2.45, 2.75) is 6.54 Å². The number of methoxy groups -OCH3 is 1. The predicted octanol–water partition coefficient (Wildman–Crippen LogP) is 3.29. The molecule has 33 heavy (non-hydrogen) atoms. The van der Waals surface area contributed by atoms with Crippen molar-refractivity contribution in [2.75, 3.05) is 19.0 Å². The van der Waals surface area contributed by atoms with Crippen LogP contribution in [0.5, 0.6) is 5.75 Å². The molecule has 1 aliphatic rings. The topological polar surface area (TPSA) is 102 Å². The number of imide groups is 1. The smallest absolute Gasteiger partial charge is 0.343 e. The monoisotopic (exact) mass is 444 g/mol. The first kappa shape index (κ1) is 21.8. The van der Waals surface area contributed by atoms with E-state index in [0.29, 0.717) is 28.1 Å². The second-order valence-electron chi connectivity index (χ2n) is 7.28. The first-order valence-electron chi connectivity index (χ1n) is 10.1. The summed E-state index contributed by atoms with van der Waals surface area (Å²) in [4.78, 5) is 49.9. The third kappa shape index (κ3) is 4.74. The number of nitrogens with one attached hydrogen (secondary N) is 1. The molecular formula is C25H20N2O6. The molecule has 1 N–H and O–H groups in total.